The Balaban J connectivity index is 1.98. The predicted molar refractivity (Wildman–Crippen MR) is 99.8 cm³/mol. The first-order valence-corrected chi connectivity index (χ1v) is 9.83. The first kappa shape index (κ1) is 21.0. The first-order valence-electron chi connectivity index (χ1n) is 8.35. The average molecular weight is 396 g/mol. The van der Waals surface area contributed by atoms with Gasteiger partial charge in [-0.1, -0.05) is 18.2 Å². The van der Waals surface area contributed by atoms with E-state index in [0.29, 0.717) is 6.42 Å². The Kier molecular flexibility index (Phi) is 6.33. The summed E-state index contributed by atoms with van der Waals surface area (Å²) in [5.41, 5.74) is -0.344. The second-order valence-corrected chi connectivity index (χ2v) is 8.83. The van der Waals surface area contributed by atoms with Gasteiger partial charge in [0.1, 0.15) is 17.3 Å². The normalized spacial score (nSPS) is 12.0. The fraction of sp³-hybridized carbons (Fsp3) is 0.316. The number of anilines is 1. The summed E-state index contributed by atoms with van der Waals surface area (Å²) >= 11 is 0. The number of halogens is 2. The smallest absolute Gasteiger partial charge is 0.241 e. The number of benzene rings is 2. The molecule has 5 nitrogen and oxygen atoms in total. The number of nitrogens with one attached hydrogen (secondary N) is 2. The molecule has 0 fully saturated rings. The van der Waals surface area contributed by atoms with Gasteiger partial charge in [0.25, 0.3) is 0 Å². The molecule has 0 bridgehead atoms. The summed E-state index contributed by atoms with van der Waals surface area (Å²) in [5.74, 6) is -2.22. The van der Waals surface area contributed by atoms with E-state index in [1.807, 2.05) is 0 Å². The second kappa shape index (κ2) is 8.14. The van der Waals surface area contributed by atoms with Gasteiger partial charge in [0.2, 0.25) is 15.9 Å². The Morgan fingerprint density at radius 2 is 1.56 bits per heavy atom. The zero-order valence-electron chi connectivity index (χ0n) is 15.3. The van der Waals surface area contributed by atoms with Crippen molar-refractivity contribution >= 4 is 21.6 Å². The molecule has 0 radical (unpaired) electrons. The summed E-state index contributed by atoms with van der Waals surface area (Å²) in [6.45, 7) is 5.24. The van der Waals surface area contributed by atoms with Crippen LogP contribution in [0.3, 0.4) is 0 Å². The molecule has 2 N–H and O–H groups in total. The van der Waals surface area contributed by atoms with Crippen LogP contribution in [0.4, 0.5) is 14.5 Å². The molecule has 2 aromatic rings. The minimum Gasteiger partial charge on any atom is -0.321 e. The van der Waals surface area contributed by atoms with Crippen LogP contribution in [0.15, 0.2) is 47.4 Å². The zero-order valence-corrected chi connectivity index (χ0v) is 16.2. The van der Waals surface area contributed by atoms with Crippen LogP contribution in [0.5, 0.6) is 0 Å². The molecule has 1 amide bonds. The lowest BCUT2D eigenvalue weighted by Gasteiger charge is -2.20. The van der Waals surface area contributed by atoms with Crippen molar-refractivity contribution in [1.29, 1.82) is 0 Å². The number of carbonyl (C=O) groups excluding carboxylic acids is 1. The van der Waals surface area contributed by atoms with Gasteiger partial charge in [0, 0.05) is 12.0 Å². The minimum atomic E-state index is -3.63. The molecule has 0 heterocycles. The summed E-state index contributed by atoms with van der Waals surface area (Å²) in [7, 11) is -3.63. The number of para-hydroxylation sites is 1. The van der Waals surface area contributed by atoms with Crippen LogP contribution >= 0.6 is 0 Å². The minimum absolute atomic E-state index is 0.000111. The maximum Gasteiger partial charge on any atom is 0.241 e. The molecule has 0 atom stereocenters. The van der Waals surface area contributed by atoms with Crippen LogP contribution in [0.1, 0.15) is 32.8 Å². The van der Waals surface area contributed by atoms with Gasteiger partial charge in [-0.25, -0.2) is 21.9 Å². The van der Waals surface area contributed by atoms with Gasteiger partial charge in [0.15, 0.2) is 0 Å². The number of hydrogen-bond donors (Lipinski definition) is 2. The van der Waals surface area contributed by atoms with E-state index in [1.54, 1.807) is 32.9 Å². The number of sulfonamides is 1. The molecule has 0 aliphatic heterocycles. The van der Waals surface area contributed by atoms with Crippen LogP contribution in [0, 0.1) is 11.6 Å². The van der Waals surface area contributed by atoms with E-state index >= 15 is 0 Å². The van der Waals surface area contributed by atoms with Crippen LogP contribution in [0.25, 0.3) is 0 Å². The van der Waals surface area contributed by atoms with E-state index in [2.05, 4.69) is 10.0 Å². The van der Waals surface area contributed by atoms with E-state index in [-0.39, 0.29) is 11.3 Å². The Morgan fingerprint density at radius 1 is 1.00 bits per heavy atom. The number of aryl methyl sites for hydroxylation is 1. The molecule has 2 aromatic carbocycles. The standard InChI is InChI=1S/C19H22F2N2O3S/c1-19(2,3)23-27(25,26)14-10-7-13(8-11-14)9-12-17(24)22-18-15(20)5-4-6-16(18)21/h4-8,10-11,23H,9,12H2,1-3H3,(H,22,24). The van der Waals surface area contributed by atoms with Crippen molar-refractivity contribution in [2.75, 3.05) is 5.32 Å². The van der Waals surface area contributed by atoms with Gasteiger partial charge < -0.3 is 5.32 Å². The van der Waals surface area contributed by atoms with Crippen LogP contribution in [-0.4, -0.2) is 19.9 Å². The summed E-state index contributed by atoms with van der Waals surface area (Å²) in [6.07, 6.45) is 0.301. The third kappa shape index (κ3) is 6.11. The second-order valence-electron chi connectivity index (χ2n) is 7.14. The van der Waals surface area contributed by atoms with Crippen molar-refractivity contribution in [3.05, 3.63) is 59.7 Å². The topological polar surface area (TPSA) is 75.3 Å². The molecule has 0 saturated carbocycles. The first-order chi connectivity index (χ1) is 12.5. The van der Waals surface area contributed by atoms with Crippen molar-refractivity contribution in [3.8, 4) is 0 Å². The van der Waals surface area contributed by atoms with E-state index < -0.39 is 38.8 Å². The van der Waals surface area contributed by atoms with Crippen LogP contribution in [-0.2, 0) is 21.2 Å². The van der Waals surface area contributed by atoms with E-state index in [0.717, 1.165) is 17.7 Å². The molecule has 146 valence electrons. The zero-order chi connectivity index (χ0) is 20.2. The summed E-state index contributed by atoms with van der Waals surface area (Å²) < 4.78 is 54.1. The van der Waals surface area contributed by atoms with Gasteiger partial charge >= 0.3 is 0 Å². The van der Waals surface area contributed by atoms with E-state index in [4.69, 9.17) is 0 Å². The summed E-state index contributed by atoms with van der Waals surface area (Å²) in [5, 5.41) is 2.22. The Bertz CT molecular complexity index is 901. The molecule has 0 spiro atoms. The summed E-state index contributed by atoms with van der Waals surface area (Å²) in [4.78, 5) is 12.0. The maximum absolute atomic E-state index is 13.5. The third-order valence-electron chi connectivity index (χ3n) is 3.54. The van der Waals surface area contributed by atoms with E-state index in [1.165, 1.54) is 18.2 Å². The van der Waals surface area contributed by atoms with E-state index in [9.17, 15) is 22.0 Å². The molecule has 0 aromatic heterocycles. The highest BCUT2D eigenvalue weighted by atomic mass is 32.2. The van der Waals surface area contributed by atoms with Gasteiger partial charge in [0.05, 0.1) is 4.90 Å². The Morgan fingerprint density at radius 3 is 2.07 bits per heavy atom. The lowest BCUT2D eigenvalue weighted by atomic mass is 10.1. The van der Waals surface area contributed by atoms with Gasteiger partial charge in [-0.15, -0.1) is 0 Å². The third-order valence-corrected chi connectivity index (χ3v) is 5.32. The molecular weight excluding hydrogens is 374 g/mol. The number of rotatable bonds is 6. The fourth-order valence-electron chi connectivity index (χ4n) is 2.37. The number of carbonyl (C=O) groups is 1. The quantitative estimate of drug-likeness (QED) is 0.783. The Hall–Kier alpha value is -2.32. The number of hydrogen-bond acceptors (Lipinski definition) is 3. The summed E-state index contributed by atoms with van der Waals surface area (Å²) in [6, 6.07) is 9.45. The predicted octanol–water partition coefficient (Wildman–Crippen LogP) is 3.61. The molecule has 0 aliphatic carbocycles. The van der Waals surface area contributed by atoms with Crippen molar-refractivity contribution in [1.82, 2.24) is 4.72 Å². The van der Waals surface area contributed by atoms with Crippen molar-refractivity contribution < 1.29 is 22.0 Å². The molecule has 0 aliphatic rings. The van der Waals surface area contributed by atoms with Gasteiger partial charge in [-0.3, -0.25) is 4.79 Å². The van der Waals surface area contributed by atoms with Crippen LogP contribution in [0.2, 0.25) is 0 Å². The van der Waals surface area contributed by atoms with Crippen molar-refractivity contribution in [3.63, 3.8) is 0 Å². The maximum atomic E-state index is 13.5. The van der Waals surface area contributed by atoms with Gasteiger partial charge in [-0.2, -0.15) is 0 Å². The SMILES string of the molecule is CC(C)(C)NS(=O)(=O)c1ccc(CCC(=O)Nc2c(F)cccc2F)cc1. The molecule has 8 heteroatoms. The largest absolute Gasteiger partial charge is 0.321 e. The lowest BCUT2D eigenvalue weighted by molar-refractivity contribution is -0.116. The molecule has 27 heavy (non-hydrogen) atoms. The number of amides is 1. The fourth-order valence-corrected chi connectivity index (χ4v) is 3.79. The van der Waals surface area contributed by atoms with Gasteiger partial charge in [-0.05, 0) is 57.0 Å². The van der Waals surface area contributed by atoms with Crippen molar-refractivity contribution in [2.24, 2.45) is 0 Å². The van der Waals surface area contributed by atoms with Crippen molar-refractivity contribution in [2.45, 2.75) is 44.0 Å². The molecule has 0 saturated heterocycles. The monoisotopic (exact) mass is 396 g/mol. The lowest BCUT2D eigenvalue weighted by Crippen LogP contribution is -2.40. The average Bonchev–Trinajstić information content (AvgIpc) is 2.55. The molecular formula is C19H22F2N2O3S. The molecule has 2 rings (SSSR count). The highest BCUT2D eigenvalue weighted by molar-refractivity contribution is 7.89. The Labute approximate surface area is 157 Å². The highest BCUT2D eigenvalue weighted by Crippen LogP contribution is 2.19. The van der Waals surface area contributed by atoms with Crippen LogP contribution < -0.4 is 10.0 Å². The molecule has 0 unspecified atom stereocenters. The highest BCUT2D eigenvalue weighted by Gasteiger charge is 2.21.